The van der Waals surface area contributed by atoms with Crippen LogP contribution in [0.3, 0.4) is 0 Å². The molecule has 5 nitrogen and oxygen atoms in total. The number of aromatic hydroxyl groups is 1. The van der Waals surface area contributed by atoms with E-state index in [4.69, 9.17) is 0 Å². The average molecular weight is 338 g/mol. The quantitative estimate of drug-likeness (QED) is 0.936. The van der Waals surface area contributed by atoms with Crippen LogP contribution < -0.4 is 0 Å². The second-order valence-corrected chi connectivity index (χ2v) is 6.15. The summed E-state index contributed by atoms with van der Waals surface area (Å²) in [6, 6.07) is 14.2. The number of piperazine rings is 1. The Hall–Kier alpha value is -2.82. The number of amides is 2. The maximum Gasteiger partial charge on any atom is 0.257 e. The summed E-state index contributed by atoms with van der Waals surface area (Å²) >= 11 is 0. The molecular formula is C20H22N2O3. The molecule has 1 aliphatic heterocycles. The molecule has 0 spiro atoms. The molecule has 130 valence electrons. The highest BCUT2D eigenvalue weighted by Crippen LogP contribution is 2.19. The maximum absolute atomic E-state index is 12.6. The Balaban J connectivity index is 1.62. The van der Waals surface area contributed by atoms with E-state index in [0.717, 1.165) is 6.42 Å². The number of phenols is 1. The van der Waals surface area contributed by atoms with E-state index in [0.29, 0.717) is 37.3 Å². The first kappa shape index (κ1) is 17.0. The van der Waals surface area contributed by atoms with Crippen molar-refractivity contribution in [1.29, 1.82) is 0 Å². The monoisotopic (exact) mass is 338 g/mol. The Morgan fingerprint density at radius 2 is 1.44 bits per heavy atom. The molecule has 2 aromatic rings. The highest BCUT2D eigenvalue weighted by molar-refractivity contribution is 5.97. The molecule has 1 fully saturated rings. The van der Waals surface area contributed by atoms with Gasteiger partial charge in [-0.1, -0.05) is 31.2 Å². The highest BCUT2D eigenvalue weighted by atomic mass is 16.3. The summed E-state index contributed by atoms with van der Waals surface area (Å²) in [4.78, 5) is 28.5. The lowest BCUT2D eigenvalue weighted by atomic mass is 10.1. The van der Waals surface area contributed by atoms with Crippen LogP contribution in [0.4, 0.5) is 0 Å². The lowest BCUT2D eigenvalue weighted by Crippen LogP contribution is -2.50. The summed E-state index contributed by atoms with van der Waals surface area (Å²) in [5.41, 5.74) is 2.18. The van der Waals surface area contributed by atoms with E-state index in [1.807, 2.05) is 24.3 Å². The van der Waals surface area contributed by atoms with Crippen LogP contribution in [0, 0.1) is 0 Å². The van der Waals surface area contributed by atoms with Crippen molar-refractivity contribution in [3.8, 4) is 5.75 Å². The van der Waals surface area contributed by atoms with E-state index in [9.17, 15) is 14.7 Å². The third-order valence-electron chi connectivity index (χ3n) is 4.60. The first-order valence-corrected chi connectivity index (χ1v) is 8.55. The van der Waals surface area contributed by atoms with Crippen LogP contribution in [-0.2, 0) is 6.42 Å². The van der Waals surface area contributed by atoms with E-state index in [-0.39, 0.29) is 17.6 Å². The van der Waals surface area contributed by atoms with Gasteiger partial charge in [-0.2, -0.15) is 0 Å². The third-order valence-corrected chi connectivity index (χ3v) is 4.60. The van der Waals surface area contributed by atoms with E-state index in [1.165, 1.54) is 11.6 Å². The Labute approximate surface area is 147 Å². The summed E-state index contributed by atoms with van der Waals surface area (Å²) in [5, 5.41) is 9.83. The van der Waals surface area contributed by atoms with Crippen molar-refractivity contribution in [2.24, 2.45) is 0 Å². The van der Waals surface area contributed by atoms with E-state index < -0.39 is 0 Å². The topological polar surface area (TPSA) is 60.9 Å². The number of carbonyl (C=O) groups excluding carboxylic acids is 2. The lowest BCUT2D eigenvalue weighted by molar-refractivity contribution is 0.0533. The number of nitrogens with zero attached hydrogens (tertiary/aromatic N) is 2. The van der Waals surface area contributed by atoms with Crippen molar-refractivity contribution < 1.29 is 14.7 Å². The summed E-state index contributed by atoms with van der Waals surface area (Å²) in [6.45, 7) is 4.00. The van der Waals surface area contributed by atoms with Gasteiger partial charge in [0.1, 0.15) is 5.75 Å². The molecule has 0 bridgehead atoms. The van der Waals surface area contributed by atoms with Gasteiger partial charge in [-0.05, 0) is 36.2 Å². The molecule has 1 saturated heterocycles. The smallest absolute Gasteiger partial charge is 0.257 e. The number of phenolic OH excluding ortho intramolecular Hbond substituents is 1. The second kappa shape index (κ2) is 7.38. The van der Waals surface area contributed by atoms with Gasteiger partial charge in [0.05, 0.1) is 5.56 Å². The van der Waals surface area contributed by atoms with Gasteiger partial charge in [-0.25, -0.2) is 0 Å². The van der Waals surface area contributed by atoms with E-state index >= 15 is 0 Å². The van der Waals surface area contributed by atoms with Crippen molar-refractivity contribution in [1.82, 2.24) is 9.80 Å². The van der Waals surface area contributed by atoms with Crippen molar-refractivity contribution in [2.75, 3.05) is 26.2 Å². The van der Waals surface area contributed by atoms with Crippen LogP contribution in [0.2, 0.25) is 0 Å². The number of benzene rings is 2. The molecule has 0 unspecified atom stereocenters. The SMILES string of the molecule is CCc1ccc(C(=O)N2CCN(C(=O)c3ccccc3O)CC2)cc1. The molecule has 0 saturated carbocycles. The predicted octanol–water partition coefficient (Wildman–Crippen LogP) is 2.55. The minimum absolute atomic E-state index is 0.00249. The maximum atomic E-state index is 12.6. The number of aryl methyl sites for hydroxylation is 1. The van der Waals surface area contributed by atoms with Crippen molar-refractivity contribution in [3.05, 3.63) is 65.2 Å². The van der Waals surface area contributed by atoms with Crippen LogP contribution in [0.5, 0.6) is 5.75 Å². The van der Waals surface area contributed by atoms with Crippen LogP contribution >= 0.6 is 0 Å². The van der Waals surface area contributed by atoms with Crippen LogP contribution in [0.25, 0.3) is 0 Å². The minimum Gasteiger partial charge on any atom is -0.507 e. The van der Waals surface area contributed by atoms with Gasteiger partial charge < -0.3 is 14.9 Å². The van der Waals surface area contributed by atoms with Crippen LogP contribution in [-0.4, -0.2) is 52.9 Å². The molecule has 1 heterocycles. The third kappa shape index (κ3) is 3.65. The van der Waals surface area contributed by atoms with Gasteiger partial charge >= 0.3 is 0 Å². The number of hydrogen-bond donors (Lipinski definition) is 1. The second-order valence-electron chi connectivity index (χ2n) is 6.15. The number of rotatable bonds is 3. The molecule has 0 atom stereocenters. The van der Waals surface area contributed by atoms with Gasteiger partial charge in [0, 0.05) is 31.7 Å². The molecule has 1 aliphatic rings. The molecule has 5 heteroatoms. The van der Waals surface area contributed by atoms with Crippen molar-refractivity contribution in [2.45, 2.75) is 13.3 Å². The fourth-order valence-corrected chi connectivity index (χ4v) is 3.00. The molecule has 1 N–H and O–H groups in total. The first-order valence-electron chi connectivity index (χ1n) is 8.55. The Kier molecular flexibility index (Phi) is 5.03. The zero-order valence-electron chi connectivity index (χ0n) is 14.3. The molecule has 2 aromatic carbocycles. The number of hydrogen-bond acceptors (Lipinski definition) is 3. The van der Waals surface area contributed by atoms with Gasteiger partial charge in [0.25, 0.3) is 11.8 Å². The van der Waals surface area contributed by atoms with Crippen LogP contribution in [0.15, 0.2) is 48.5 Å². The summed E-state index contributed by atoms with van der Waals surface area (Å²) in [5.74, 6) is -0.211. The predicted molar refractivity (Wildman–Crippen MR) is 95.7 cm³/mol. The Morgan fingerprint density at radius 1 is 0.880 bits per heavy atom. The zero-order chi connectivity index (χ0) is 17.8. The Morgan fingerprint density at radius 3 is 2.00 bits per heavy atom. The van der Waals surface area contributed by atoms with Gasteiger partial charge in [-0.3, -0.25) is 9.59 Å². The molecule has 0 aromatic heterocycles. The van der Waals surface area contributed by atoms with Gasteiger partial charge in [-0.15, -0.1) is 0 Å². The molecule has 25 heavy (non-hydrogen) atoms. The van der Waals surface area contributed by atoms with E-state index in [1.54, 1.807) is 28.0 Å². The molecular weight excluding hydrogens is 316 g/mol. The van der Waals surface area contributed by atoms with E-state index in [2.05, 4.69) is 6.92 Å². The lowest BCUT2D eigenvalue weighted by Gasteiger charge is -2.35. The molecule has 0 radical (unpaired) electrons. The fraction of sp³-hybridized carbons (Fsp3) is 0.300. The standard InChI is InChI=1S/C20H22N2O3/c1-2-15-7-9-16(10-8-15)19(24)21-11-13-22(14-12-21)20(25)17-5-3-4-6-18(17)23/h3-10,23H,2,11-14H2,1H3. The molecule has 0 aliphatic carbocycles. The van der Waals surface area contributed by atoms with Crippen molar-refractivity contribution in [3.63, 3.8) is 0 Å². The van der Waals surface area contributed by atoms with Crippen LogP contribution in [0.1, 0.15) is 33.2 Å². The van der Waals surface area contributed by atoms with Gasteiger partial charge in [0.2, 0.25) is 0 Å². The first-order chi connectivity index (χ1) is 12.1. The summed E-state index contributed by atoms with van der Waals surface area (Å²) < 4.78 is 0. The fourth-order valence-electron chi connectivity index (χ4n) is 3.00. The number of para-hydroxylation sites is 1. The summed E-state index contributed by atoms with van der Waals surface area (Å²) in [7, 11) is 0. The Bertz CT molecular complexity index is 763. The van der Waals surface area contributed by atoms with Gasteiger partial charge in [0.15, 0.2) is 0 Å². The molecule has 3 rings (SSSR count). The minimum atomic E-state index is -0.197. The normalized spacial score (nSPS) is 14.4. The average Bonchev–Trinajstić information content (AvgIpc) is 2.67. The summed E-state index contributed by atoms with van der Waals surface area (Å²) in [6.07, 6.45) is 0.946. The highest BCUT2D eigenvalue weighted by Gasteiger charge is 2.26. The largest absolute Gasteiger partial charge is 0.507 e. The zero-order valence-corrected chi connectivity index (χ0v) is 14.3. The molecule has 2 amide bonds. The van der Waals surface area contributed by atoms with Crippen molar-refractivity contribution >= 4 is 11.8 Å². The number of carbonyl (C=O) groups is 2.